The molecule has 0 aromatic rings. The van der Waals surface area contributed by atoms with Crippen LogP contribution in [0.4, 0.5) is 0 Å². The largest absolute Gasteiger partial charge is 0.303 e. The van der Waals surface area contributed by atoms with Gasteiger partial charge in [0.1, 0.15) is 0 Å². The highest BCUT2D eigenvalue weighted by Gasteiger charge is 2.19. The van der Waals surface area contributed by atoms with Gasteiger partial charge in [-0.3, -0.25) is 0 Å². The SMILES string of the molecule is CCCNC(C#N)CCN1CCC(CCC)CC1. The van der Waals surface area contributed by atoms with Crippen molar-refractivity contribution in [2.24, 2.45) is 5.92 Å². The molecule has 0 amide bonds. The quantitative estimate of drug-likeness (QED) is 0.721. The normalized spacial score (nSPS) is 19.6. The summed E-state index contributed by atoms with van der Waals surface area (Å²) in [4.78, 5) is 2.53. The predicted molar refractivity (Wildman–Crippen MR) is 76.4 cm³/mol. The molecular weight excluding hydrogens is 222 g/mol. The maximum atomic E-state index is 9.06. The monoisotopic (exact) mass is 251 g/mol. The molecule has 18 heavy (non-hydrogen) atoms. The molecule has 0 aliphatic carbocycles. The molecule has 3 nitrogen and oxygen atoms in total. The van der Waals surface area contributed by atoms with E-state index in [1.807, 2.05) is 0 Å². The molecule has 0 radical (unpaired) electrons. The molecule has 1 saturated heterocycles. The topological polar surface area (TPSA) is 39.1 Å². The Labute approximate surface area is 113 Å². The van der Waals surface area contributed by atoms with Crippen LogP contribution in [0.2, 0.25) is 0 Å². The second kappa shape index (κ2) is 9.35. The Kier molecular flexibility index (Phi) is 8.04. The lowest BCUT2D eigenvalue weighted by atomic mass is 9.92. The van der Waals surface area contributed by atoms with Gasteiger partial charge in [-0.05, 0) is 51.2 Å². The maximum Gasteiger partial charge on any atom is 0.0965 e. The van der Waals surface area contributed by atoms with Crippen LogP contribution in [0.1, 0.15) is 52.4 Å². The van der Waals surface area contributed by atoms with Crippen molar-refractivity contribution in [2.45, 2.75) is 58.4 Å². The Morgan fingerprint density at radius 2 is 2.00 bits per heavy atom. The van der Waals surface area contributed by atoms with Crippen LogP contribution >= 0.6 is 0 Å². The van der Waals surface area contributed by atoms with E-state index in [0.29, 0.717) is 0 Å². The van der Waals surface area contributed by atoms with Gasteiger partial charge in [-0.25, -0.2) is 0 Å². The van der Waals surface area contributed by atoms with Crippen LogP contribution in [-0.2, 0) is 0 Å². The van der Waals surface area contributed by atoms with Crippen LogP contribution in [0.25, 0.3) is 0 Å². The van der Waals surface area contributed by atoms with E-state index in [4.69, 9.17) is 5.26 Å². The number of likely N-dealkylation sites (tertiary alicyclic amines) is 1. The lowest BCUT2D eigenvalue weighted by molar-refractivity contribution is 0.174. The van der Waals surface area contributed by atoms with Crippen molar-refractivity contribution in [1.82, 2.24) is 10.2 Å². The van der Waals surface area contributed by atoms with Crippen LogP contribution in [0.15, 0.2) is 0 Å². The van der Waals surface area contributed by atoms with E-state index in [2.05, 4.69) is 30.1 Å². The third-order valence-corrected chi connectivity index (χ3v) is 3.93. The first-order valence-corrected chi connectivity index (χ1v) is 7.65. The first-order chi connectivity index (χ1) is 8.80. The molecule has 0 bridgehead atoms. The zero-order valence-electron chi connectivity index (χ0n) is 12.1. The molecular formula is C15H29N3. The van der Waals surface area contributed by atoms with Gasteiger partial charge in [0.15, 0.2) is 0 Å². The molecule has 0 aromatic heterocycles. The van der Waals surface area contributed by atoms with Crippen molar-refractivity contribution in [2.75, 3.05) is 26.2 Å². The number of nitriles is 1. The number of hydrogen-bond donors (Lipinski definition) is 1. The molecule has 1 aliphatic rings. The summed E-state index contributed by atoms with van der Waals surface area (Å²) in [7, 11) is 0. The zero-order valence-corrected chi connectivity index (χ0v) is 12.1. The van der Waals surface area contributed by atoms with Gasteiger partial charge in [0, 0.05) is 6.54 Å². The van der Waals surface area contributed by atoms with E-state index in [9.17, 15) is 0 Å². The third kappa shape index (κ3) is 5.84. The minimum atomic E-state index is 0.0401. The van der Waals surface area contributed by atoms with Crippen molar-refractivity contribution in [3.63, 3.8) is 0 Å². The Morgan fingerprint density at radius 1 is 1.28 bits per heavy atom. The van der Waals surface area contributed by atoms with Crippen LogP contribution in [0, 0.1) is 17.2 Å². The van der Waals surface area contributed by atoms with Crippen LogP contribution in [0.5, 0.6) is 0 Å². The molecule has 1 heterocycles. The summed E-state index contributed by atoms with van der Waals surface area (Å²) in [5.41, 5.74) is 0. The van der Waals surface area contributed by atoms with Crippen molar-refractivity contribution >= 4 is 0 Å². The van der Waals surface area contributed by atoms with E-state index >= 15 is 0 Å². The summed E-state index contributed by atoms with van der Waals surface area (Å²) in [6, 6.07) is 2.41. The molecule has 1 aliphatic heterocycles. The summed E-state index contributed by atoms with van der Waals surface area (Å²) in [6.45, 7) is 8.92. The minimum absolute atomic E-state index is 0.0401. The van der Waals surface area contributed by atoms with E-state index in [-0.39, 0.29) is 6.04 Å². The molecule has 1 atom stereocenters. The molecule has 1 N–H and O–H groups in total. The number of piperidine rings is 1. The van der Waals surface area contributed by atoms with Crippen LogP contribution in [-0.4, -0.2) is 37.1 Å². The summed E-state index contributed by atoms with van der Waals surface area (Å²) >= 11 is 0. The summed E-state index contributed by atoms with van der Waals surface area (Å²) in [5, 5.41) is 12.4. The van der Waals surface area contributed by atoms with Gasteiger partial charge in [-0.2, -0.15) is 5.26 Å². The fraction of sp³-hybridized carbons (Fsp3) is 0.933. The minimum Gasteiger partial charge on any atom is -0.303 e. The summed E-state index contributed by atoms with van der Waals surface area (Å²) < 4.78 is 0. The highest BCUT2D eigenvalue weighted by Crippen LogP contribution is 2.21. The van der Waals surface area contributed by atoms with E-state index in [1.54, 1.807) is 0 Å². The van der Waals surface area contributed by atoms with Gasteiger partial charge in [-0.1, -0.05) is 26.7 Å². The van der Waals surface area contributed by atoms with Gasteiger partial charge in [0.05, 0.1) is 12.1 Å². The highest BCUT2D eigenvalue weighted by atomic mass is 15.1. The smallest absolute Gasteiger partial charge is 0.0965 e. The molecule has 0 spiro atoms. The fourth-order valence-electron chi connectivity index (χ4n) is 2.75. The van der Waals surface area contributed by atoms with Gasteiger partial charge < -0.3 is 10.2 Å². The molecule has 104 valence electrons. The van der Waals surface area contributed by atoms with E-state index in [1.165, 1.54) is 38.8 Å². The van der Waals surface area contributed by atoms with Gasteiger partial charge in [-0.15, -0.1) is 0 Å². The summed E-state index contributed by atoms with van der Waals surface area (Å²) in [6.07, 6.45) is 7.49. The van der Waals surface area contributed by atoms with Crippen molar-refractivity contribution in [1.29, 1.82) is 5.26 Å². The Balaban J connectivity index is 2.14. The van der Waals surface area contributed by atoms with E-state index in [0.717, 1.165) is 31.8 Å². The molecule has 1 unspecified atom stereocenters. The predicted octanol–water partition coefficient (Wildman–Crippen LogP) is 2.78. The molecule has 0 aromatic carbocycles. The van der Waals surface area contributed by atoms with Crippen molar-refractivity contribution < 1.29 is 0 Å². The standard InChI is InChI=1S/C15H29N3/c1-3-5-14-6-10-18(11-7-14)12-8-15(13-16)17-9-4-2/h14-15,17H,3-12H2,1-2H3. The second-order valence-corrected chi connectivity index (χ2v) is 5.50. The lowest BCUT2D eigenvalue weighted by Gasteiger charge is -2.32. The Morgan fingerprint density at radius 3 is 2.56 bits per heavy atom. The molecule has 1 rings (SSSR count). The number of nitrogens with zero attached hydrogens (tertiary/aromatic N) is 2. The van der Waals surface area contributed by atoms with Gasteiger partial charge in [0.2, 0.25) is 0 Å². The molecule has 1 fully saturated rings. The number of rotatable bonds is 8. The van der Waals surface area contributed by atoms with Crippen molar-refractivity contribution in [3.05, 3.63) is 0 Å². The Hall–Kier alpha value is -0.590. The summed E-state index contributed by atoms with van der Waals surface area (Å²) in [5.74, 6) is 0.955. The second-order valence-electron chi connectivity index (χ2n) is 5.50. The van der Waals surface area contributed by atoms with Gasteiger partial charge >= 0.3 is 0 Å². The molecule has 0 saturated carbocycles. The molecule has 3 heteroatoms. The average Bonchev–Trinajstić information content (AvgIpc) is 2.41. The highest BCUT2D eigenvalue weighted by molar-refractivity contribution is 4.90. The van der Waals surface area contributed by atoms with E-state index < -0.39 is 0 Å². The Bertz CT molecular complexity index is 239. The van der Waals surface area contributed by atoms with Crippen molar-refractivity contribution in [3.8, 4) is 6.07 Å². The first-order valence-electron chi connectivity index (χ1n) is 7.65. The average molecular weight is 251 g/mol. The van der Waals surface area contributed by atoms with Crippen LogP contribution in [0.3, 0.4) is 0 Å². The van der Waals surface area contributed by atoms with Crippen LogP contribution < -0.4 is 5.32 Å². The lowest BCUT2D eigenvalue weighted by Crippen LogP contribution is -2.38. The number of hydrogen-bond acceptors (Lipinski definition) is 3. The number of nitrogens with one attached hydrogen (secondary N) is 1. The van der Waals surface area contributed by atoms with Gasteiger partial charge in [0.25, 0.3) is 0 Å². The fourth-order valence-corrected chi connectivity index (χ4v) is 2.75. The zero-order chi connectivity index (χ0) is 13.2. The maximum absolute atomic E-state index is 9.06. The third-order valence-electron chi connectivity index (χ3n) is 3.93. The first kappa shape index (κ1) is 15.5.